The van der Waals surface area contributed by atoms with E-state index in [1.54, 1.807) is 0 Å². The van der Waals surface area contributed by atoms with Gasteiger partial charge in [-0.25, -0.2) is 0 Å². The Morgan fingerprint density at radius 2 is 1.46 bits per heavy atom. The molecule has 0 bridgehead atoms. The van der Waals surface area contributed by atoms with Crippen molar-refractivity contribution in [3.63, 3.8) is 0 Å². The van der Waals surface area contributed by atoms with Gasteiger partial charge in [-0.3, -0.25) is 9.74 Å². The summed E-state index contributed by atoms with van der Waals surface area (Å²) >= 11 is 0. The van der Waals surface area contributed by atoms with E-state index in [1.165, 1.54) is 0 Å². The quantitative estimate of drug-likeness (QED) is 0.266. The lowest BCUT2D eigenvalue weighted by Gasteiger charge is -2.55. The van der Waals surface area contributed by atoms with Crippen LogP contribution in [0.4, 0.5) is 17.8 Å². The van der Waals surface area contributed by atoms with Gasteiger partial charge in [0.2, 0.25) is 17.8 Å². The highest BCUT2D eigenvalue weighted by molar-refractivity contribution is 5.46. The molecule has 9 heteroatoms. The zero-order chi connectivity index (χ0) is 30.6. The number of likely N-dealkylation sites (tertiary alicyclic amines) is 1. The zero-order valence-electron chi connectivity index (χ0n) is 27.7. The van der Waals surface area contributed by atoms with Crippen molar-refractivity contribution < 1.29 is 4.84 Å². The van der Waals surface area contributed by atoms with E-state index in [-0.39, 0.29) is 34.2 Å². The molecule has 2 N–H and O–H groups in total. The summed E-state index contributed by atoms with van der Waals surface area (Å²) in [5, 5.41) is 9.24. The van der Waals surface area contributed by atoms with Gasteiger partial charge < -0.3 is 15.5 Å². The Morgan fingerprint density at radius 1 is 0.878 bits per heavy atom. The summed E-state index contributed by atoms with van der Waals surface area (Å²) in [7, 11) is 2.23. The van der Waals surface area contributed by atoms with Crippen molar-refractivity contribution in [2.45, 2.75) is 135 Å². The molecule has 9 nitrogen and oxygen atoms in total. The van der Waals surface area contributed by atoms with E-state index < -0.39 is 0 Å². The standard InChI is InChI=1S/C32H58N8O/c1-13-16-18-39(25-22-31(8,9)40(41-19-15-3)32(10,11)23-25)28-36-26(33-17-14-2)35-27(37-28)34-24-20-29(4,5)38(12)30(6,7)21-24/h14-15,24-25H,2-3,13,16-23H2,1,4-12H3,(H2,33,34,35,36,37). The molecule has 2 aliphatic rings. The van der Waals surface area contributed by atoms with Gasteiger partial charge >= 0.3 is 0 Å². The molecular weight excluding hydrogens is 512 g/mol. The second-order valence-corrected chi connectivity index (χ2v) is 14.5. The van der Waals surface area contributed by atoms with E-state index >= 15 is 0 Å². The number of nitrogens with one attached hydrogen (secondary N) is 2. The van der Waals surface area contributed by atoms with Crippen LogP contribution in [0.15, 0.2) is 25.3 Å². The Labute approximate surface area is 250 Å². The Kier molecular flexibility index (Phi) is 10.5. The minimum Gasteiger partial charge on any atom is -0.351 e. The highest BCUT2D eigenvalue weighted by Gasteiger charge is 2.48. The molecule has 0 spiro atoms. The minimum absolute atomic E-state index is 0.0607. The average molecular weight is 571 g/mol. The molecule has 0 aliphatic carbocycles. The Balaban J connectivity index is 1.98. The van der Waals surface area contributed by atoms with E-state index in [2.05, 4.69) is 108 Å². The molecule has 41 heavy (non-hydrogen) atoms. The molecule has 0 saturated carbocycles. The second-order valence-electron chi connectivity index (χ2n) is 14.5. The van der Waals surface area contributed by atoms with Gasteiger partial charge in [0, 0.05) is 47.3 Å². The molecule has 0 aromatic carbocycles. The van der Waals surface area contributed by atoms with Crippen LogP contribution >= 0.6 is 0 Å². The summed E-state index contributed by atoms with van der Waals surface area (Å²) in [5.41, 5.74) is -0.233. The van der Waals surface area contributed by atoms with Crippen molar-refractivity contribution in [3.8, 4) is 0 Å². The van der Waals surface area contributed by atoms with E-state index in [4.69, 9.17) is 19.8 Å². The summed E-state index contributed by atoms with van der Waals surface area (Å²) < 4.78 is 0. The van der Waals surface area contributed by atoms with E-state index in [9.17, 15) is 0 Å². The van der Waals surface area contributed by atoms with Crippen molar-refractivity contribution in [2.24, 2.45) is 0 Å². The Hall–Kier alpha value is -2.23. The van der Waals surface area contributed by atoms with Crippen LogP contribution in [-0.2, 0) is 4.84 Å². The van der Waals surface area contributed by atoms with Crippen molar-refractivity contribution >= 4 is 17.8 Å². The fourth-order valence-corrected chi connectivity index (χ4v) is 7.14. The first-order valence-electron chi connectivity index (χ1n) is 15.5. The zero-order valence-corrected chi connectivity index (χ0v) is 27.7. The minimum atomic E-state index is -0.177. The molecular formula is C32H58N8O. The summed E-state index contributed by atoms with van der Waals surface area (Å²) in [6.45, 7) is 30.3. The van der Waals surface area contributed by atoms with Crippen LogP contribution in [0.2, 0.25) is 0 Å². The van der Waals surface area contributed by atoms with Crippen molar-refractivity contribution in [2.75, 3.05) is 42.3 Å². The highest BCUT2D eigenvalue weighted by Crippen LogP contribution is 2.42. The third kappa shape index (κ3) is 7.99. The van der Waals surface area contributed by atoms with E-state index in [0.29, 0.717) is 25.0 Å². The first-order valence-corrected chi connectivity index (χ1v) is 15.5. The largest absolute Gasteiger partial charge is 0.351 e. The summed E-state index contributed by atoms with van der Waals surface area (Å²) in [6.07, 6.45) is 9.68. The van der Waals surface area contributed by atoms with Gasteiger partial charge in [-0.15, -0.1) is 13.2 Å². The molecule has 2 aliphatic heterocycles. The molecule has 0 amide bonds. The molecule has 3 rings (SSSR count). The lowest BCUT2D eigenvalue weighted by molar-refractivity contribution is -0.276. The fraction of sp³-hybridized carbons (Fsp3) is 0.781. The molecule has 0 atom stereocenters. The van der Waals surface area contributed by atoms with Gasteiger partial charge in [0.15, 0.2) is 0 Å². The van der Waals surface area contributed by atoms with Gasteiger partial charge in [-0.2, -0.15) is 20.0 Å². The maximum Gasteiger partial charge on any atom is 0.232 e. The van der Waals surface area contributed by atoms with E-state index in [0.717, 1.165) is 51.0 Å². The third-order valence-corrected chi connectivity index (χ3v) is 9.01. The Morgan fingerprint density at radius 3 is 2.00 bits per heavy atom. The summed E-state index contributed by atoms with van der Waals surface area (Å²) in [5.74, 6) is 1.94. The molecule has 2 saturated heterocycles. The lowest BCUT2D eigenvalue weighted by Crippen LogP contribution is -2.64. The molecule has 2 fully saturated rings. The van der Waals surface area contributed by atoms with Crippen LogP contribution in [0.3, 0.4) is 0 Å². The number of hydroxylamine groups is 2. The van der Waals surface area contributed by atoms with Crippen LogP contribution in [0.5, 0.6) is 0 Å². The van der Waals surface area contributed by atoms with Crippen LogP contribution < -0.4 is 15.5 Å². The molecule has 0 radical (unpaired) electrons. The maximum atomic E-state index is 6.21. The van der Waals surface area contributed by atoms with Crippen LogP contribution in [-0.4, -0.2) is 85.9 Å². The van der Waals surface area contributed by atoms with Gasteiger partial charge in [0.25, 0.3) is 0 Å². The van der Waals surface area contributed by atoms with Crippen LogP contribution in [0.1, 0.15) is 101 Å². The van der Waals surface area contributed by atoms with Gasteiger partial charge in [-0.1, -0.05) is 25.5 Å². The summed E-state index contributed by atoms with van der Waals surface area (Å²) in [6, 6.07) is 0.504. The van der Waals surface area contributed by atoms with Gasteiger partial charge in [0.1, 0.15) is 0 Å². The molecule has 1 aromatic rings. The molecule has 3 heterocycles. The number of nitrogens with zero attached hydrogens (tertiary/aromatic N) is 6. The number of piperidine rings is 2. The number of aromatic nitrogens is 3. The number of rotatable bonds is 13. The van der Waals surface area contributed by atoms with Gasteiger partial charge in [0.05, 0.1) is 6.61 Å². The first-order chi connectivity index (χ1) is 19.1. The predicted octanol–water partition coefficient (Wildman–Crippen LogP) is 6.28. The highest BCUT2D eigenvalue weighted by atomic mass is 16.7. The number of hydrogen-bond acceptors (Lipinski definition) is 9. The summed E-state index contributed by atoms with van der Waals surface area (Å²) in [4.78, 5) is 26.0. The van der Waals surface area contributed by atoms with Crippen molar-refractivity contribution in [1.82, 2.24) is 24.9 Å². The van der Waals surface area contributed by atoms with Crippen molar-refractivity contribution in [1.29, 1.82) is 0 Å². The van der Waals surface area contributed by atoms with Gasteiger partial charge in [-0.05, 0) is 94.5 Å². The maximum absolute atomic E-state index is 6.21. The second kappa shape index (κ2) is 13.0. The lowest BCUT2D eigenvalue weighted by atomic mass is 9.77. The SMILES string of the molecule is C=CCNc1nc(NC2CC(C)(C)N(C)C(C)(C)C2)nc(N(CCCC)C2CC(C)(C)N(OCC=C)C(C)(C)C2)n1. The van der Waals surface area contributed by atoms with E-state index in [1.807, 2.05) is 12.2 Å². The Bertz CT molecular complexity index is 1000. The fourth-order valence-electron chi connectivity index (χ4n) is 7.14. The topological polar surface area (TPSA) is 81.7 Å². The smallest absolute Gasteiger partial charge is 0.232 e. The molecule has 232 valence electrons. The molecule has 1 aromatic heterocycles. The number of hydrogen-bond donors (Lipinski definition) is 2. The van der Waals surface area contributed by atoms with Crippen LogP contribution in [0.25, 0.3) is 0 Å². The first kappa shape index (κ1) is 33.3. The average Bonchev–Trinajstić information content (AvgIpc) is 2.84. The number of unbranched alkanes of at least 4 members (excludes halogenated alkanes) is 1. The normalized spacial score (nSPS) is 22.7. The number of anilines is 3. The predicted molar refractivity (Wildman–Crippen MR) is 173 cm³/mol. The van der Waals surface area contributed by atoms with Crippen molar-refractivity contribution in [3.05, 3.63) is 25.3 Å². The third-order valence-electron chi connectivity index (χ3n) is 9.01. The monoisotopic (exact) mass is 570 g/mol. The van der Waals surface area contributed by atoms with Crippen LogP contribution in [0, 0.1) is 0 Å². The molecule has 0 unspecified atom stereocenters.